The summed E-state index contributed by atoms with van der Waals surface area (Å²) in [6, 6.07) is 6.21. The fourth-order valence-corrected chi connectivity index (χ4v) is 1.81. The quantitative estimate of drug-likeness (QED) is 0.778. The van der Waals surface area contributed by atoms with E-state index in [1.807, 2.05) is 0 Å². The standard InChI is InChI=1S/C9H11Br2N/c10-6-4-8-2-1-3-9(12-8)5-7-11/h1-3H,4-7H2. The minimum Gasteiger partial charge on any atom is -0.258 e. The topological polar surface area (TPSA) is 12.9 Å². The van der Waals surface area contributed by atoms with Crippen molar-refractivity contribution in [3.63, 3.8) is 0 Å². The Morgan fingerprint density at radius 3 is 1.92 bits per heavy atom. The smallest absolute Gasteiger partial charge is 0.0415 e. The largest absolute Gasteiger partial charge is 0.258 e. The van der Waals surface area contributed by atoms with Gasteiger partial charge in [0.1, 0.15) is 0 Å². The summed E-state index contributed by atoms with van der Waals surface area (Å²) in [6.07, 6.45) is 2.02. The lowest BCUT2D eigenvalue weighted by atomic mass is 10.2. The third kappa shape index (κ3) is 3.23. The van der Waals surface area contributed by atoms with Crippen LogP contribution in [0.5, 0.6) is 0 Å². The number of hydrogen-bond donors (Lipinski definition) is 0. The number of rotatable bonds is 4. The molecule has 0 aromatic carbocycles. The number of aryl methyl sites for hydroxylation is 2. The van der Waals surface area contributed by atoms with E-state index in [0.29, 0.717) is 0 Å². The molecule has 0 fully saturated rings. The first-order valence-corrected chi connectivity index (χ1v) is 6.18. The summed E-state index contributed by atoms with van der Waals surface area (Å²) >= 11 is 6.80. The van der Waals surface area contributed by atoms with E-state index >= 15 is 0 Å². The fraction of sp³-hybridized carbons (Fsp3) is 0.444. The van der Waals surface area contributed by atoms with Crippen molar-refractivity contribution in [2.24, 2.45) is 0 Å². The molecule has 1 heterocycles. The van der Waals surface area contributed by atoms with Crippen molar-refractivity contribution in [3.8, 4) is 0 Å². The normalized spacial score (nSPS) is 10.2. The molecular weight excluding hydrogens is 282 g/mol. The predicted molar refractivity (Wildman–Crippen MR) is 59.2 cm³/mol. The van der Waals surface area contributed by atoms with Gasteiger partial charge in [0.05, 0.1) is 0 Å². The Bertz CT molecular complexity index is 216. The lowest BCUT2D eigenvalue weighted by Gasteiger charge is -2.00. The summed E-state index contributed by atoms with van der Waals surface area (Å²) < 4.78 is 0. The van der Waals surface area contributed by atoms with E-state index in [2.05, 4.69) is 55.0 Å². The Morgan fingerprint density at radius 1 is 1.00 bits per heavy atom. The molecule has 66 valence electrons. The predicted octanol–water partition coefficient (Wildman–Crippen LogP) is 2.96. The first kappa shape index (κ1) is 10.2. The van der Waals surface area contributed by atoms with Crippen LogP contribution in [0.3, 0.4) is 0 Å². The van der Waals surface area contributed by atoms with E-state index in [4.69, 9.17) is 0 Å². The molecule has 12 heavy (non-hydrogen) atoms. The molecule has 0 saturated carbocycles. The van der Waals surface area contributed by atoms with Crippen LogP contribution in [-0.2, 0) is 12.8 Å². The molecule has 1 nitrogen and oxygen atoms in total. The van der Waals surface area contributed by atoms with Crippen LogP contribution in [0, 0.1) is 0 Å². The van der Waals surface area contributed by atoms with Gasteiger partial charge in [-0.15, -0.1) is 0 Å². The molecule has 0 bridgehead atoms. The Hall–Kier alpha value is 0.110. The average Bonchev–Trinajstić information content (AvgIpc) is 2.06. The fourth-order valence-electron chi connectivity index (χ4n) is 1.00. The highest BCUT2D eigenvalue weighted by atomic mass is 79.9. The van der Waals surface area contributed by atoms with Crippen LogP contribution >= 0.6 is 31.9 Å². The number of alkyl halides is 2. The van der Waals surface area contributed by atoms with Gasteiger partial charge in [0.2, 0.25) is 0 Å². The van der Waals surface area contributed by atoms with E-state index in [1.54, 1.807) is 0 Å². The van der Waals surface area contributed by atoms with Crippen LogP contribution < -0.4 is 0 Å². The summed E-state index contributed by atoms with van der Waals surface area (Å²) in [4.78, 5) is 4.49. The van der Waals surface area contributed by atoms with Crippen molar-refractivity contribution in [2.45, 2.75) is 12.8 Å². The maximum Gasteiger partial charge on any atom is 0.0415 e. The Balaban J connectivity index is 2.67. The van der Waals surface area contributed by atoms with E-state index < -0.39 is 0 Å². The minimum absolute atomic E-state index is 0.984. The van der Waals surface area contributed by atoms with Gasteiger partial charge < -0.3 is 0 Å². The third-order valence-electron chi connectivity index (χ3n) is 1.57. The molecule has 3 heteroatoms. The van der Waals surface area contributed by atoms with Crippen LogP contribution in [0.25, 0.3) is 0 Å². The Labute approximate surface area is 89.8 Å². The van der Waals surface area contributed by atoms with Crippen LogP contribution in [0.15, 0.2) is 18.2 Å². The van der Waals surface area contributed by atoms with Crippen LogP contribution in [0.4, 0.5) is 0 Å². The Morgan fingerprint density at radius 2 is 1.50 bits per heavy atom. The zero-order valence-corrected chi connectivity index (χ0v) is 9.94. The van der Waals surface area contributed by atoms with Gasteiger partial charge in [0, 0.05) is 22.0 Å². The number of halogens is 2. The first-order chi connectivity index (χ1) is 5.86. The van der Waals surface area contributed by atoms with Gasteiger partial charge in [-0.2, -0.15) is 0 Å². The SMILES string of the molecule is BrCCc1cccc(CCBr)n1. The highest BCUT2D eigenvalue weighted by molar-refractivity contribution is 9.09. The second-order valence-electron chi connectivity index (χ2n) is 2.50. The molecule has 0 amide bonds. The molecule has 0 saturated heterocycles. The van der Waals surface area contributed by atoms with Gasteiger partial charge in [0.25, 0.3) is 0 Å². The molecule has 1 aromatic rings. The third-order valence-corrected chi connectivity index (χ3v) is 2.36. The summed E-state index contributed by atoms with van der Waals surface area (Å²) in [7, 11) is 0. The molecule has 0 aliphatic rings. The first-order valence-electron chi connectivity index (χ1n) is 3.93. The molecule has 0 aliphatic carbocycles. The van der Waals surface area contributed by atoms with Crippen molar-refractivity contribution in [2.75, 3.05) is 10.7 Å². The van der Waals surface area contributed by atoms with E-state index in [-0.39, 0.29) is 0 Å². The summed E-state index contributed by atoms with van der Waals surface area (Å²) in [5.74, 6) is 0. The lowest BCUT2D eigenvalue weighted by Crippen LogP contribution is -1.96. The lowest BCUT2D eigenvalue weighted by molar-refractivity contribution is 0.970. The van der Waals surface area contributed by atoms with Crippen molar-refractivity contribution >= 4 is 31.9 Å². The summed E-state index contributed by atoms with van der Waals surface area (Å²) in [6.45, 7) is 0. The van der Waals surface area contributed by atoms with E-state index in [1.165, 1.54) is 11.4 Å². The molecule has 0 N–H and O–H groups in total. The van der Waals surface area contributed by atoms with Crippen LogP contribution in [0.1, 0.15) is 11.4 Å². The van der Waals surface area contributed by atoms with Crippen molar-refractivity contribution in [1.82, 2.24) is 4.98 Å². The van der Waals surface area contributed by atoms with Crippen molar-refractivity contribution < 1.29 is 0 Å². The number of aromatic nitrogens is 1. The van der Waals surface area contributed by atoms with Crippen molar-refractivity contribution in [1.29, 1.82) is 0 Å². The highest BCUT2D eigenvalue weighted by Gasteiger charge is 1.95. The second kappa shape index (κ2) is 5.70. The average molecular weight is 293 g/mol. The molecular formula is C9H11Br2N. The second-order valence-corrected chi connectivity index (χ2v) is 4.08. The van der Waals surface area contributed by atoms with Gasteiger partial charge in [-0.25, -0.2) is 0 Å². The van der Waals surface area contributed by atoms with Gasteiger partial charge in [0.15, 0.2) is 0 Å². The molecule has 0 atom stereocenters. The van der Waals surface area contributed by atoms with Crippen molar-refractivity contribution in [3.05, 3.63) is 29.6 Å². The minimum atomic E-state index is 0.984. The maximum absolute atomic E-state index is 4.49. The van der Waals surface area contributed by atoms with Gasteiger partial charge in [-0.1, -0.05) is 37.9 Å². The number of pyridine rings is 1. The van der Waals surface area contributed by atoms with Gasteiger partial charge in [-0.3, -0.25) is 4.98 Å². The van der Waals surface area contributed by atoms with E-state index in [9.17, 15) is 0 Å². The maximum atomic E-state index is 4.49. The van der Waals surface area contributed by atoms with Crippen LogP contribution in [-0.4, -0.2) is 15.6 Å². The summed E-state index contributed by atoms with van der Waals surface area (Å²) in [5.41, 5.74) is 2.34. The molecule has 0 spiro atoms. The van der Waals surface area contributed by atoms with Gasteiger partial charge >= 0.3 is 0 Å². The monoisotopic (exact) mass is 291 g/mol. The zero-order chi connectivity index (χ0) is 8.81. The summed E-state index contributed by atoms with van der Waals surface area (Å²) in [5, 5.41) is 1.97. The number of nitrogens with zero attached hydrogens (tertiary/aromatic N) is 1. The van der Waals surface area contributed by atoms with Crippen LogP contribution in [0.2, 0.25) is 0 Å². The zero-order valence-electron chi connectivity index (χ0n) is 6.76. The Kier molecular flexibility index (Phi) is 4.84. The molecule has 1 aromatic heterocycles. The molecule has 0 unspecified atom stereocenters. The van der Waals surface area contributed by atoms with Gasteiger partial charge in [-0.05, 0) is 25.0 Å². The molecule has 1 rings (SSSR count). The number of hydrogen-bond acceptors (Lipinski definition) is 1. The highest BCUT2D eigenvalue weighted by Crippen LogP contribution is 2.03. The molecule has 0 radical (unpaired) electrons. The van der Waals surface area contributed by atoms with E-state index in [0.717, 1.165) is 23.5 Å². The molecule has 0 aliphatic heterocycles.